The molecule has 0 bridgehead atoms. The van der Waals surface area contributed by atoms with Gasteiger partial charge in [0.1, 0.15) is 0 Å². The van der Waals surface area contributed by atoms with E-state index in [0.717, 1.165) is 24.3 Å². The van der Waals surface area contributed by atoms with Gasteiger partial charge in [-0.1, -0.05) is 12.1 Å². The molecule has 0 saturated heterocycles. The standard InChI is InChI=1S/C15H10F5N5/c16-11-4-1-7(5-12(11)17)9-3-2-8(6-10(9)15(18,19)20)22-14-23-13(21)24-25-14/h1-6H,(H4,21,22,23,24,25). The van der Waals surface area contributed by atoms with Gasteiger partial charge in [-0.25, -0.2) is 13.9 Å². The summed E-state index contributed by atoms with van der Waals surface area (Å²) in [6, 6.07) is 5.86. The molecule has 0 saturated carbocycles. The second-order valence-corrected chi connectivity index (χ2v) is 5.06. The van der Waals surface area contributed by atoms with Crippen molar-refractivity contribution in [2.75, 3.05) is 11.1 Å². The van der Waals surface area contributed by atoms with Crippen molar-refractivity contribution in [2.24, 2.45) is 0 Å². The Labute approximate surface area is 137 Å². The van der Waals surface area contributed by atoms with Gasteiger partial charge in [-0.15, -0.1) is 5.10 Å². The minimum Gasteiger partial charge on any atom is -0.368 e. The summed E-state index contributed by atoms with van der Waals surface area (Å²) in [5.41, 5.74) is 3.99. The Morgan fingerprint density at radius 3 is 2.36 bits per heavy atom. The molecule has 0 amide bonds. The lowest BCUT2D eigenvalue weighted by atomic mass is 9.98. The summed E-state index contributed by atoms with van der Waals surface area (Å²) in [5.74, 6) is -2.38. The predicted octanol–water partition coefficient (Wildman–Crippen LogP) is 4.09. The van der Waals surface area contributed by atoms with Crippen LogP contribution in [-0.2, 0) is 6.18 Å². The predicted molar refractivity (Wildman–Crippen MR) is 80.9 cm³/mol. The number of aromatic nitrogens is 3. The number of nitrogens with two attached hydrogens (primary N) is 1. The molecule has 5 nitrogen and oxygen atoms in total. The van der Waals surface area contributed by atoms with E-state index < -0.39 is 23.4 Å². The Hall–Kier alpha value is -3.17. The Bertz CT molecular complexity index is 919. The number of nitrogens with one attached hydrogen (secondary N) is 2. The fourth-order valence-corrected chi connectivity index (χ4v) is 2.23. The van der Waals surface area contributed by atoms with E-state index in [1.807, 2.05) is 0 Å². The van der Waals surface area contributed by atoms with Crippen molar-refractivity contribution < 1.29 is 22.0 Å². The highest BCUT2D eigenvalue weighted by atomic mass is 19.4. The number of aromatic amines is 1. The van der Waals surface area contributed by atoms with Crippen molar-refractivity contribution in [3.05, 3.63) is 53.6 Å². The van der Waals surface area contributed by atoms with E-state index in [1.54, 1.807) is 0 Å². The molecule has 0 aliphatic rings. The molecule has 3 aromatic rings. The number of anilines is 3. The maximum absolute atomic E-state index is 13.4. The van der Waals surface area contributed by atoms with Gasteiger partial charge in [0, 0.05) is 5.69 Å². The lowest BCUT2D eigenvalue weighted by Gasteiger charge is -2.15. The average Bonchev–Trinajstić information content (AvgIpc) is 2.94. The van der Waals surface area contributed by atoms with Crippen LogP contribution in [0.25, 0.3) is 11.1 Å². The van der Waals surface area contributed by atoms with E-state index in [2.05, 4.69) is 20.5 Å². The number of halogens is 5. The second kappa shape index (κ2) is 6.04. The molecule has 0 fully saturated rings. The van der Waals surface area contributed by atoms with Gasteiger partial charge in [0.15, 0.2) is 11.6 Å². The van der Waals surface area contributed by atoms with E-state index in [-0.39, 0.29) is 28.7 Å². The van der Waals surface area contributed by atoms with Crippen LogP contribution in [0.4, 0.5) is 39.5 Å². The van der Waals surface area contributed by atoms with Crippen LogP contribution in [0.2, 0.25) is 0 Å². The fraction of sp³-hybridized carbons (Fsp3) is 0.0667. The first-order valence-electron chi connectivity index (χ1n) is 6.85. The van der Waals surface area contributed by atoms with E-state index in [4.69, 9.17) is 5.73 Å². The number of benzene rings is 2. The summed E-state index contributed by atoms with van der Waals surface area (Å²) in [6.45, 7) is 0. The summed E-state index contributed by atoms with van der Waals surface area (Å²) >= 11 is 0. The van der Waals surface area contributed by atoms with E-state index in [0.29, 0.717) is 6.07 Å². The van der Waals surface area contributed by atoms with E-state index in [9.17, 15) is 22.0 Å². The lowest BCUT2D eigenvalue weighted by Crippen LogP contribution is -2.08. The third-order valence-corrected chi connectivity index (χ3v) is 3.31. The molecule has 0 radical (unpaired) electrons. The number of alkyl halides is 3. The van der Waals surface area contributed by atoms with Crippen LogP contribution < -0.4 is 11.1 Å². The lowest BCUT2D eigenvalue weighted by molar-refractivity contribution is -0.137. The zero-order valence-corrected chi connectivity index (χ0v) is 12.3. The third kappa shape index (κ3) is 3.52. The first-order chi connectivity index (χ1) is 11.7. The van der Waals surface area contributed by atoms with Crippen LogP contribution in [0.1, 0.15) is 5.56 Å². The zero-order chi connectivity index (χ0) is 18.2. The SMILES string of the molecule is Nc1nc(Nc2ccc(-c3ccc(F)c(F)c3)c(C(F)(F)F)c2)n[nH]1. The summed E-state index contributed by atoms with van der Waals surface area (Å²) in [7, 11) is 0. The van der Waals surface area contributed by atoms with Crippen molar-refractivity contribution in [3.63, 3.8) is 0 Å². The quantitative estimate of drug-likeness (QED) is 0.618. The molecule has 1 aromatic heterocycles. The van der Waals surface area contributed by atoms with Gasteiger partial charge in [0.25, 0.3) is 0 Å². The summed E-state index contributed by atoms with van der Waals surface area (Å²) in [4.78, 5) is 3.73. The number of rotatable bonds is 3. The maximum Gasteiger partial charge on any atom is 0.417 e. The number of nitrogens with zero attached hydrogens (tertiary/aromatic N) is 2. The monoisotopic (exact) mass is 355 g/mol. The molecule has 0 aliphatic carbocycles. The van der Waals surface area contributed by atoms with Crippen LogP contribution in [0.15, 0.2) is 36.4 Å². The van der Waals surface area contributed by atoms with Gasteiger partial charge in [0.05, 0.1) is 5.56 Å². The van der Waals surface area contributed by atoms with E-state index >= 15 is 0 Å². The minimum atomic E-state index is -4.71. The van der Waals surface area contributed by atoms with Gasteiger partial charge in [-0.05, 0) is 35.4 Å². The summed E-state index contributed by atoms with van der Waals surface area (Å²) < 4.78 is 66.5. The smallest absolute Gasteiger partial charge is 0.368 e. The Balaban J connectivity index is 2.05. The molecular weight excluding hydrogens is 345 g/mol. The molecule has 0 spiro atoms. The average molecular weight is 355 g/mol. The first-order valence-corrected chi connectivity index (χ1v) is 6.85. The number of nitrogen functional groups attached to an aromatic ring is 1. The van der Waals surface area contributed by atoms with Crippen LogP contribution in [0, 0.1) is 11.6 Å². The molecule has 0 unspecified atom stereocenters. The van der Waals surface area contributed by atoms with Gasteiger partial charge >= 0.3 is 6.18 Å². The largest absolute Gasteiger partial charge is 0.417 e. The highest BCUT2D eigenvalue weighted by Gasteiger charge is 2.34. The van der Waals surface area contributed by atoms with Crippen LogP contribution in [0.3, 0.4) is 0 Å². The van der Waals surface area contributed by atoms with Gasteiger partial charge in [-0.2, -0.15) is 18.2 Å². The molecular formula is C15H10F5N5. The van der Waals surface area contributed by atoms with Gasteiger partial charge in [0.2, 0.25) is 11.9 Å². The summed E-state index contributed by atoms with van der Waals surface area (Å²) in [6.07, 6.45) is -4.71. The summed E-state index contributed by atoms with van der Waals surface area (Å²) in [5, 5.41) is 8.57. The Kier molecular flexibility index (Phi) is 4.03. The van der Waals surface area contributed by atoms with Crippen LogP contribution >= 0.6 is 0 Å². The van der Waals surface area contributed by atoms with Crippen molar-refractivity contribution in [1.82, 2.24) is 15.2 Å². The fourth-order valence-electron chi connectivity index (χ4n) is 2.23. The van der Waals surface area contributed by atoms with Crippen LogP contribution in [0.5, 0.6) is 0 Å². The van der Waals surface area contributed by atoms with Crippen molar-refractivity contribution in [2.45, 2.75) is 6.18 Å². The minimum absolute atomic E-state index is 0.00282. The van der Waals surface area contributed by atoms with Crippen molar-refractivity contribution in [3.8, 4) is 11.1 Å². The normalized spacial score (nSPS) is 11.6. The molecule has 10 heteroatoms. The number of H-pyrrole nitrogens is 1. The highest BCUT2D eigenvalue weighted by molar-refractivity contribution is 5.72. The Morgan fingerprint density at radius 2 is 1.76 bits per heavy atom. The molecule has 4 N–H and O–H groups in total. The third-order valence-electron chi connectivity index (χ3n) is 3.31. The Morgan fingerprint density at radius 1 is 1.00 bits per heavy atom. The van der Waals surface area contributed by atoms with Crippen molar-refractivity contribution >= 4 is 17.6 Å². The number of hydrogen-bond donors (Lipinski definition) is 3. The first kappa shape index (κ1) is 16.7. The molecule has 1 heterocycles. The van der Waals surface area contributed by atoms with Crippen molar-refractivity contribution in [1.29, 1.82) is 0 Å². The second-order valence-electron chi connectivity index (χ2n) is 5.06. The van der Waals surface area contributed by atoms with E-state index in [1.165, 1.54) is 6.07 Å². The topological polar surface area (TPSA) is 79.6 Å². The molecule has 0 aliphatic heterocycles. The molecule has 2 aromatic carbocycles. The van der Waals surface area contributed by atoms with Gasteiger partial charge < -0.3 is 11.1 Å². The maximum atomic E-state index is 13.4. The van der Waals surface area contributed by atoms with Gasteiger partial charge in [-0.3, -0.25) is 0 Å². The zero-order valence-electron chi connectivity index (χ0n) is 12.3. The highest BCUT2D eigenvalue weighted by Crippen LogP contribution is 2.39. The molecule has 130 valence electrons. The molecule has 25 heavy (non-hydrogen) atoms. The molecule has 0 atom stereocenters. The van der Waals surface area contributed by atoms with Crippen LogP contribution in [-0.4, -0.2) is 15.2 Å². The molecule has 3 rings (SSSR count). The number of hydrogen-bond acceptors (Lipinski definition) is 4.